The van der Waals surface area contributed by atoms with Crippen LogP contribution in [0.15, 0.2) is 12.3 Å². The van der Waals surface area contributed by atoms with Gasteiger partial charge in [0.15, 0.2) is 5.82 Å². The molecule has 7 nitrogen and oxygen atoms in total. The van der Waals surface area contributed by atoms with Gasteiger partial charge in [-0.1, -0.05) is 0 Å². The maximum absolute atomic E-state index is 10.7. The Bertz CT molecular complexity index is 462. The van der Waals surface area contributed by atoms with Crippen LogP contribution in [0.2, 0.25) is 0 Å². The van der Waals surface area contributed by atoms with Crippen molar-refractivity contribution in [2.24, 2.45) is 0 Å². The van der Waals surface area contributed by atoms with E-state index in [9.17, 15) is 4.79 Å². The minimum atomic E-state index is -0.913. The Hall–Kier alpha value is -2.36. The highest BCUT2D eigenvalue weighted by atomic mass is 16.4. The smallest absolute Gasteiger partial charge is 0.407 e. The van der Waals surface area contributed by atoms with Crippen LogP contribution >= 0.6 is 0 Å². The van der Waals surface area contributed by atoms with Gasteiger partial charge in [0, 0.05) is 26.2 Å². The van der Waals surface area contributed by atoms with Gasteiger partial charge < -0.3 is 14.9 Å². The van der Waals surface area contributed by atoms with Gasteiger partial charge in [-0.3, -0.25) is 0 Å². The van der Waals surface area contributed by atoms with Crippen LogP contribution in [0.5, 0.6) is 0 Å². The molecule has 0 bridgehead atoms. The first kappa shape index (κ1) is 11.1. The molecule has 0 spiro atoms. The second kappa shape index (κ2) is 4.65. The minimum Gasteiger partial charge on any atom is -0.465 e. The van der Waals surface area contributed by atoms with Gasteiger partial charge in [0.2, 0.25) is 0 Å². The van der Waals surface area contributed by atoms with Crippen molar-refractivity contribution in [1.82, 2.24) is 15.1 Å². The molecule has 1 aliphatic heterocycles. The van der Waals surface area contributed by atoms with Gasteiger partial charge in [-0.2, -0.15) is 10.4 Å². The molecular weight excluding hydrogens is 222 g/mol. The highest BCUT2D eigenvalue weighted by Crippen LogP contribution is 2.16. The summed E-state index contributed by atoms with van der Waals surface area (Å²) in [5, 5.41) is 25.4. The van der Waals surface area contributed by atoms with Crippen molar-refractivity contribution < 1.29 is 9.90 Å². The van der Waals surface area contributed by atoms with Crippen molar-refractivity contribution in [2.75, 3.05) is 31.1 Å². The third kappa shape index (κ3) is 2.25. The molecule has 1 aliphatic rings. The molecule has 1 aromatic heterocycles. The maximum Gasteiger partial charge on any atom is 0.407 e. The maximum atomic E-state index is 10.7. The minimum absolute atomic E-state index is 0.413. The molecule has 0 unspecified atom stereocenters. The number of carboxylic acid groups (broad SMARTS) is 1. The summed E-state index contributed by atoms with van der Waals surface area (Å²) < 4.78 is 0. The molecular formula is C10H11N5O2. The van der Waals surface area contributed by atoms with E-state index < -0.39 is 6.09 Å². The monoisotopic (exact) mass is 233 g/mol. The number of rotatable bonds is 1. The lowest BCUT2D eigenvalue weighted by Gasteiger charge is -2.33. The van der Waals surface area contributed by atoms with E-state index in [-0.39, 0.29) is 0 Å². The summed E-state index contributed by atoms with van der Waals surface area (Å²) in [6.45, 7) is 1.88. The normalized spacial score (nSPS) is 15.5. The van der Waals surface area contributed by atoms with Crippen LogP contribution in [0.1, 0.15) is 5.56 Å². The second-order valence-electron chi connectivity index (χ2n) is 3.64. The molecule has 0 atom stereocenters. The Morgan fingerprint density at radius 3 is 2.71 bits per heavy atom. The van der Waals surface area contributed by atoms with Gasteiger partial charge in [-0.15, -0.1) is 5.10 Å². The summed E-state index contributed by atoms with van der Waals surface area (Å²) in [4.78, 5) is 14.0. The fraction of sp³-hybridized carbons (Fsp3) is 0.400. The number of nitriles is 1. The van der Waals surface area contributed by atoms with Crippen molar-refractivity contribution in [3.63, 3.8) is 0 Å². The second-order valence-corrected chi connectivity index (χ2v) is 3.64. The summed E-state index contributed by atoms with van der Waals surface area (Å²) in [6.07, 6.45) is 0.555. The van der Waals surface area contributed by atoms with Gasteiger partial charge >= 0.3 is 6.09 Å². The molecule has 2 heterocycles. The average molecular weight is 233 g/mol. The topological polar surface area (TPSA) is 93.4 Å². The number of carbonyl (C=O) groups is 1. The first-order valence-corrected chi connectivity index (χ1v) is 5.17. The van der Waals surface area contributed by atoms with Crippen LogP contribution in [0.3, 0.4) is 0 Å². The Morgan fingerprint density at radius 2 is 2.12 bits per heavy atom. The van der Waals surface area contributed by atoms with E-state index >= 15 is 0 Å². The van der Waals surface area contributed by atoms with Crippen LogP contribution in [-0.4, -0.2) is 52.5 Å². The molecule has 1 fully saturated rings. The zero-order valence-corrected chi connectivity index (χ0v) is 9.07. The Balaban J connectivity index is 2.11. The summed E-state index contributed by atoms with van der Waals surface area (Å²) >= 11 is 0. The predicted molar refractivity (Wildman–Crippen MR) is 58.6 cm³/mol. The number of amides is 1. The van der Waals surface area contributed by atoms with Gasteiger partial charge in [0.1, 0.15) is 6.07 Å². The lowest BCUT2D eigenvalue weighted by molar-refractivity contribution is 0.142. The number of aromatic nitrogens is 2. The molecule has 0 saturated carbocycles. The SMILES string of the molecule is N#Cc1ccnnc1N1CCN(C(=O)O)CC1. The number of piperazine rings is 1. The Labute approximate surface area is 97.9 Å². The average Bonchev–Trinajstić information content (AvgIpc) is 2.39. The van der Waals surface area contributed by atoms with Crippen LogP contribution in [0.4, 0.5) is 10.6 Å². The fourth-order valence-corrected chi connectivity index (χ4v) is 1.75. The van der Waals surface area contributed by atoms with Crippen molar-refractivity contribution >= 4 is 11.9 Å². The third-order valence-electron chi connectivity index (χ3n) is 2.67. The highest BCUT2D eigenvalue weighted by molar-refractivity contribution is 5.65. The van der Waals surface area contributed by atoms with Crippen LogP contribution in [0, 0.1) is 11.3 Å². The van der Waals surface area contributed by atoms with Gasteiger partial charge in [0.25, 0.3) is 0 Å². The molecule has 1 amide bonds. The molecule has 17 heavy (non-hydrogen) atoms. The van der Waals surface area contributed by atoms with Crippen molar-refractivity contribution in [3.05, 3.63) is 17.8 Å². The number of hydrogen-bond acceptors (Lipinski definition) is 5. The largest absolute Gasteiger partial charge is 0.465 e. The summed E-state index contributed by atoms with van der Waals surface area (Å²) in [5.41, 5.74) is 0.462. The summed E-state index contributed by atoms with van der Waals surface area (Å²) in [5.74, 6) is 0.528. The molecule has 88 valence electrons. The van der Waals surface area contributed by atoms with E-state index in [4.69, 9.17) is 10.4 Å². The first-order chi connectivity index (χ1) is 8.22. The van der Waals surface area contributed by atoms with E-state index in [0.717, 1.165) is 0 Å². The molecule has 2 rings (SSSR count). The summed E-state index contributed by atoms with van der Waals surface area (Å²) in [7, 11) is 0. The quantitative estimate of drug-likeness (QED) is 0.742. The highest BCUT2D eigenvalue weighted by Gasteiger charge is 2.22. The van der Waals surface area contributed by atoms with Gasteiger partial charge in [-0.25, -0.2) is 4.79 Å². The number of nitrogens with zero attached hydrogens (tertiary/aromatic N) is 5. The van der Waals surface area contributed by atoms with Crippen LogP contribution < -0.4 is 4.90 Å². The lowest BCUT2D eigenvalue weighted by atomic mass is 10.2. The van der Waals surface area contributed by atoms with Crippen molar-refractivity contribution in [2.45, 2.75) is 0 Å². The molecule has 1 N–H and O–H groups in total. The van der Waals surface area contributed by atoms with Crippen molar-refractivity contribution in [1.29, 1.82) is 5.26 Å². The van der Waals surface area contributed by atoms with Crippen molar-refractivity contribution in [3.8, 4) is 6.07 Å². The van der Waals surface area contributed by atoms with E-state index in [2.05, 4.69) is 16.3 Å². The zero-order valence-electron chi connectivity index (χ0n) is 9.07. The first-order valence-electron chi connectivity index (χ1n) is 5.17. The zero-order chi connectivity index (χ0) is 12.3. The van der Waals surface area contributed by atoms with E-state index in [1.807, 2.05) is 4.90 Å². The molecule has 0 aromatic carbocycles. The van der Waals surface area contributed by atoms with Gasteiger partial charge in [0.05, 0.1) is 11.8 Å². The van der Waals surface area contributed by atoms with Gasteiger partial charge in [-0.05, 0) is 6.07 Å². The third-order valence-corrected chi connectivity index (χ3v) is 2.67. The van der Waals surface area contributed by atoms with Crippen LogP contribution in [-0.2, 0) is 0 Å². The number of anilines is 1. The molecule has 0 radical (unpaired) electrons. The van der Waals surface area contributed by atoms with E-state index in [0.29, 0.717) is 37.6 Å². The van der Waals surface area contributed by atoms with E-state index in [1.54, 1.807) is 6.07 Å². The molecule has 0 aliphatic carbocycles. The molecule has 1 aromatic rings. The summed E-state index contributed by atoms with van der Waals surface area (Å²) in [6, 6.07) is 3.66. The predicted octanol–water partition coefficient (Wildman–Crippen LogP) is 0.148. The Morgan fingerprint density at radius 1 is 1.41 bits per heavy atom. The lowest BCUT2D eigenvalue weighted by Crippen LogP contribution is -2.48. The number of hydrogen-bond donors (Lipinski definition) is 1. The standard InChI is InChI=1S/C10H11N5O2/c11-7-8-1-2-12-13-9(8)14-3-5-15(6-4-14)10(16)17/h1-2H,3-6H2,(H,16,17). The van der Waals surface area contributed by atoms with Crippen LogP contribution in [0.25, 0.3) is 0 Å². The fourth-order valence-electron chi connectivity index (χ4n) is 1.75. The van der Waals surface area contributed by atoms with E-state index in [1.165, 1.54) is 11.1 Å². The molecule has 7 heteroatoms. The Kier molecular flexibility index (Phi) is 3.05. The molecule has 1 saturated heterocycles.